The first kappa shape index (κ1) is 5.58. The van der Waals surface area contributed by atoms with Crippen molar-refractivity contribution in [3.63, 3.8) is 0 Å². The molecule has 0 aromatic heterocycles. The standard InChI is InChI=1S/C6H8FN/c1-2-6(7)3-5(8)4-6/h1,5H,3-4,8H2. The lowest BCUT2D eigenvalue weighted by Crippen LogP contribution is -2.47. The number of alkyl halides is 1. The van der Waals surface area contributed by atoms with Crippen LogP contribution in [-0.2, 0) is 0 Å². The monoisotopic (exact) mass is 113 g/mol. The van der Waals surface area contributed by atoms with Crippen LogP contribution in [0.3, 0.4) is 0 Å². The number of hydrogen-bond donors (Lipinski definition) is 1. The smallest absolute Gasteiger partial charge is 0.173 e. The van der Waals surface area contributed by atoms with Gasteiger partial charge in [-0.05, 0) is 0 Å². The summed E-state index contributed by atoms with van der Waals surface area (Å²) in [7, 11) is 0. The third kappa shape index (κ3) is 0.696. The topological polar surface area (TPSA) is 26.0 Å². The maximum Gasteiger partial charge on any atom is 0.173 e. The van der Waals surface area contributed by atoms with Crippen LogP contribution < -0.4 is 5.73 Å². The van der Waals surface area contributed by atoms with E-state index in [0.29, 0.717) is 12.8 Å². The van der Waals surface area contributed by atoms with Crippen LogP contribution in [0.5, 0.6) is 0 Å². The van der Waals surface area contributed by atoms with E-state index in [-0.39, 0.29) is 6.04 Å². The van der Waals surface area contributed by atoms with Crippen LogP contribution in [0.25, 0.3) is 0 Å². The lowest BCUT2D eigenvalue weighted by Gasteiger charge is -2.34. The third-order valence-electron chi connectivity index (χ3n) is 1.43. The number of hydrogen-bond acceptors (Lipinski definition) is 1. The molecule has 1 fully saturated rings. The largest absolute Gasteiger partial charge is 0.327 e. The molecule has 44 valence electrons. The van der Waals surface area contributed by atoms with Crippen LogP contribution >= 0.6 is 0 Å². The van der Waals surface area contributed by atoms with Gasteiger partial charge < -0.3 is 5.73 Å². The predicted molar refractivity (Wildman–Crippen MR) is 29.9 cm³/mol. The molecule has 1 rings (SSSR count). The summed E-state index contributed by atoms with van der Waals surface area (Å²) in [5, 5.41) is 0. The van der Waals surface area contributed by atoms with Crippen molar-refractivity contribution in [1.29, 1.82) is 0 Å². The summed E-state index contributed by atoms with van der Waals surface area (Å²) in [6.07, 6.45) is 5.52. The van der Waals surface area contributed by atoms with Crippen LogP contribution in [0.2, 0.25) is 0 Å². The molecule has 0 unspecified atom stereocenters. The summed E-state index contributed by atoms with van der Waals surface area (Å²) < 4.78 is 12.6. The molecule has 0 radical (unpaired) electrons. The van der Waals surface area contributed by atoms with Gasteiger partial charge in [-0.3, -0.25) is 0 Å². The fourth-order valence-corrected chi connectivity index (χ4v) is 0.889. The number of terminal acetylenes is 1. The maximum absolute atomic E-state index is 12.6. The average molecular weight is 113 g/mol. The van der Waals surface area contributed by atoms with Gasteiger partial charge in [0.05, 0.1) is 0 Å². The van der Waals surface area contributed by atoms with Crippen LogP contribution in [-0.4, -0.2) is 11.7 Å². The molecule has 0 saturated heterocycles. The predicted octanol–water partition coefficient (Wildman–Crippen LogP) is 0.449. The quantitative estimate of drug-likeness (QED) is 0.453. The van der Waals surface area contributed by atoms with Crippen LogP contribution in [0, 0.1) is 12.3 Å². The molecule has 1 saturated carbocycles. The minimum Gasteiger partial charge on any atom is -0.327 e. The average Bonchev–Trinajstić information content (AvgIpc) is 1.63. The Morgan fingerprint density at radius 1 is 1.75 bits per heavy atom. The second-order valence-corrected chi connectivity index (χ2v) is 2.28. The van der Waals surface area contributed by atoms with E-state index in [1.165, 1.54) is 0 Å². The molecule has 0 atom stereocenters. The van der Waals surface area contributed by atoms with E-state index in [1.807, 2.05) is 0 Å². The molecule has 1 aliphatic carbocycles. The van der Waals surface area contributed by atoms with Crippen molar-refractivity contribution < 1.29 is 4.39 Å². The van der Waals surface area contributed by atoms with E-state index in [9.17, 15) is 4.39 Å². The summed E-state index contributed by atoms with van der Waals surface area (Å²) in [5.41, 5.74) is 3.93. The third-order valence-corrected chi connectivity index (χ3v) is 1.43. The lowest BCUT2D eigenvalue weighted by atomic mass is 9.79. The molecule has 0 spiro atoms. The van der Waals surface area contributed by atoms with Gasteiger partial charge in [0, 0.05) is 18.9 Å². The van der Waals surface area contributed by atoms with Gasteiger partial charge in [-0.15, -0.1) is 6.42 Å². The fraction of sp³-hybridized carbons (Fsp3) is 0.667. The summed E-state index contributed by atoms with van der Waals surface area (Å²) in [6, 6.07) is -0.00366. The molecular formula is C6H8FN. The zero-order valence-corrected chi connectivity index (χ0v) is 4.52. The molecule has 1 nitrogen and oxygen atoms in total. The molecular weight excluding hydrogens is 105 g/mol. The van der Waals surface area contributed by atoms with E-state index in [1.54, 1.807) is 0 Å². The number of halogens is 1. The Kier molecular flexibility index (Phi) is 1.02. The van der Waals surface area contributed by atoms with Gasteiger partial charge in [0.15, 0.2) is 5.67 Å². The molecule has 2 N–H and O–H groups in total. The van der Waals surface area contributed by atoms with Gasteiger partial charge in [0.1, 0.15) is 0 Å². The number of nitrogens with two attached hydrogens (primary N) is 1. The zero-order valence-electron chi connectivity index (χ0n) is 4.52. The molecule has 8 heavy (non-hydrogen) atoms. The van der Waals surface area contributed by atoms with Crippen molar-refractivity contribution in [2.45, 2.75) is 24.6 Å². The maximum atomic E-state index is 12.6. The van der Waals surface area contributed by atoms with Crippen molar-refractivity contribution >= 4 is 0 Å². The minimum atomic E-state index is -1.36. The molecule has 0 bridgehead atoms. The molecule has 2 heteroatoms. The van der Waals surface area contributed by atoms with E-state index < -0.39 is 5.67 Å². The normalized spacial score (nSPS) is 44.9. The summed E-state index contributed by atoms with van der Waals surface area (Å²) in [6.45, 7) is 0. The molecule has 0 heterocycles. The molecule has 0 aliphatic heterocycles. The van der Waals surface area contributed by atoms with Gasteiger partial charge in [-0.1, -0.05) is 5.92 Å². The van der Waals surface area contributed by atoms with Crippen molar-refractivity contribution in [2.75, 3.05) is 0 Å². The molecule has 0 aromatic carbocycles. The Labute approximate surface area is 48.1 Å². The van der Waals surface area contributed by atoms with Gasteiger partial charge in [0.2, 0.25) is 0 Å². The molecule has 1 aliphatic rings. The zero-order chi connectivity index (χ0) is 6.20. The molecule has 0 amide bonds. The van der Waals surface area contributed by atoms with Crippen molar-refractivity contribution in [3.8, 4) is 12.3 Å². The Hall–Kier alpha value is -0.550. The van der Waals surface area contributed by atoms with E-state index >= 15 is 0 Å². The number of rotatable bonds is 0. The lowest BCUT2D eigenvalue weighted by molar-refractivity contribution is 0.107. The highest BCUT2D eigenvalue weighted by Gasteiger charge is 2.41. The Morgan fingerprint density at radius 3 is 2.38 bits per heavy atom. The second kappa shape index (κ2) is 1.46. The summed E-state index contributed by atoms with van der Waals surface area (Å²) >= 11 is 0. The highest BCUT2D eigenvalue weighted by molar-refractivity contribution is 5.16. The van der Waals surface area contributed by atoms with Crippen molar-refractivity contribution in [2.24, 2.45) is 5.73 Å². The van der Waals surface area contributed by atoms with Gasteiger partial charge in [-0.25, -0.2) is 4.39 Å². The van der Waals surface area contributed by atoms with E-state index in [2.05, 4.69) is 5.92 Å². The van der Waals surface area contributed by atoms with Gasteiger partial charge >= 0.3 is 0 Å². The van der Waals surface area contributed by atoms with Crippen molar-refractivity contribution in [1.82, 2.24) is 0 Å². The van der Waals surface area contributed by atoms with E-state index in [4.69, 9.17) is 12.2 Å². The van der Waals surface area contributed by atoms with Crippen LogP contribution in [0.15, 0.2) is 0 Å². The fourth-order valence-electron chi connectivity index (χ4n) is 0.889. The second-order valence-electron chi connectivity index (χ2n) is 2.28. The van der Waals surface area contributed by atoms with Crippen LogP contribution in [0.4, 0.5) is 4.39 Å². The Balaban J connectivity index is 2.44. The Bertz CT molecular complexity index is 130. The van der Waals surface area contributed by atoms with E-state index in [0.717, 1.165) is 0 Å². The first-order valence-corrected chi connectivity index (χ1v) is 2.58. The highest BCUT2D eigenvalue weighted by atomic mass is 19.1. The first-order chi connectivity index (χ1) is 3.66. The SMILES string of the molecule is C#CC1(F)CC(N)C1. The van der Waals surface area contributed by atoms with Gasteiger partial charge in [0.25, 0.3) is 0 Å². The summed E-state index contributed by atoms with van der Waals surface area (Å²) in [4.78, 5) is 0. The van der Waals surface area contributed by atoms with Crippen LogP contribution in [0.1, 0.15) is 12.8 Å². The first-order valence-electron chi connectivity index (χ1n) is 2.58. The van der Waals surface area contributed by atoms with Crippen molar-refractivity contribution in [3.05, 3.63) is 0 Å². The Morgan fingerprint density at radius 2 is 2.25 bits per heavy atom. The molecule has 0 aromatic rings. The van der Waals surface area contributed by atoms with Gasteiger partial charge in [-0.2, -0.15) is 0 Å². The minimum absolute atomic E-state index is 0.00366. The highest BCUT2D eigenvalue weighted by Crippen LogP contribution is 2.33. The summed E-state index contributed by atoms with van der Waals surface area (Å²) in [5.74, 6) is 2.06.